The monoisotopic (exact) mass is 336 g/mol. The fourth-order valence-corrected chi connectivity index (χ4v) is 2.22. The summed E-state index contributed by atoms with van der Waals surface area (Å²) >= 11 is 0. The molecule has 1 atom stereocenters. The van der Waals surface area contributed by atoms with Gasteiger partial charge in [0.05, 0.1) is 6.42 Å². The number of amides is 2. The molecule has 2 aromatic carbocycles. The van der Waals surface area contributed by atoms with Crippen molar-refractivity contribution in [1.82, 2.24) is 5.32 Å². The predicted octanol–water partition coefficient (Wildman–Crippen LogP) is 1.86. The lowest BCUT2D eigenvalue weighted by Crippen LogP contribution is -2.46. The van der Waals surface area contributed by atoms with E-state index in [1.807, 2.05) is 0 Å². The highest BCUT2D eigenvalue weighted by molar-refractivity contribution is 5.87. The summed E-state index contributed by atoms with van der Waals surface area (Å²) in [7, 11) is 0. The Bertz CT molecular complexity index is 728. The van der Waals surface area contributed by atoms with Gasteiger partial charge in [0.1, 0.15) is 23.5 Å². The molecule has 0 aliphatic rings. The third-order valence-corrected chi connectivity index (χ3v) is 3.32. The van der Waals surface area contributed by atoms with Crippen LogP contribution in [0.3, 0.4) is 0 Å². The van der Waals surface area contributed by atoms with Crippen LogP contribution in [0.2, 0.25) is 0 Å². The third kappa shape index (κ3) is 5.12. The van der Waals surface area contributed by atoms with Gasteiger partial charge in [-0.1, -0.05) is 12.1 Å². The van der Waals surface area contributed by atoms with Gasteiger partial charge in [-0.3, -0.25) is 9.59 Å². The largest absolute Gasteiger partial charge is 0.368 e. The van der Waals surface area contributed by atoms with E-state index in [1.165, 1.54) is 24.3 Å². The highest BCUT2D eigenvalue weighted by Gasteiger charge is 2.19. The fourth-order valence-electron chi connectivity index (χ4n) is 2.22. The summed E-state index contributed by atoms with van der Waals surface area (Å²) in [5.74, 6) is -3.39. The number of carbonyl (C=O) groups is 2. The van der Waals surface area contributed by atoms with Crippen LogP contribution < -0.4 is 11.1 Å². The van der Waals surface area contributed by atoms with Gasteiger partial charge < -0.3 is 11.1 Å². The molecule has 0 radical (unpaired) electrons. The van der Waals surface area contributed by atoms with E-state index < -0.39 is 35.3 Å². The molecule has 0 fully saturated rings. The van der Waals surface area contributed by atoms with Gasteiger partial charge in [-0.15, -0.1) is 0 Å². The average Bonchev–Trinajstić information content (AvgIpc) is 2.47. The highest BCUT2D eigenvalue weighted by atomic mass is 19.1. The Balaban J connectivity index is 2.02. The first kappa shape index (κ1) is 17.5. The fraction of sp³-hybridized carbons (Fsp3) is 0.176. The van der Waals surface area contributed by atoms with Crippen LogP contribution in [0.4, 0.5) is 13.2 Å². The molecule has 7 heteroatoms. The average molecular weight is 336 g/mol. The van der Waals surface area contributed by atoms with E-state index in [9.17, 15) is 22.8 Å². The Morgan fingerprint density at radius 1 is 0.917 bits per heavy atom. The van der Waals surface area contributed by atoms with Gasteiger partial charge in [0.25, 0.3) is 0 Å². The SMILES string of the molecule is NC(=O)[C@H](Cc1ccc(F)cc1)NC(=O)Cc1cc(F)cc(F)c1. The Kier molecular flexibility index (Phi) is 5.57. The minimum absolute atomic E-state index is 0.0822. The van der Waals surface area contributed by atoms with E-state index in [1.54, 1.807) is 0 Å². The molecule has 2 amide bonds. The summed E-state index contributed by atoms with van der Waals surface area (Å²) in [5.41, 5.74) is 6.00. The van der Waals surface area contributed by atoms with E-state index in [4.69, 9.17) is 5.73 Å². The Labute approximate surface area is 136 Å². The minimum atomic E-state index is -1.01. The van der Waals surface area contributed by atoms with Crippen LogP contribution in [-0.2, 0) is 22.4 Å². The van der Waals surface area contributed by atoms with Crippen molar-refractivity contribution in [3.05, 3.63) is 71.0 Å². The van der Waals surface area contributed by atoms with E-state index in [0.29, 0.717) is 11.6 Å². The first-order chi connectivity index (χ1) is 11.3. The first-order valence-corrected chi connectivity index (χ1v) is 7.11. The molecule has 0 spiro atoms. The van der Waals surface area contributed by atoms with E-state index in [0.717, 1.165) is 12.1 Å². The molecule has 0 saturated heterocycles. The van der Waals surface area contributed by atoms with E-state index >= 15 is 0 Å². The van der Waals surface area contributed by atoms with Crippen molar-refractivity contribution in [2.75, 3.05) is 0 Å². The van der Waals surface area contributed by atoms with Crippen LogP contribution in [-0.4, -0.2) is 17.9 Å². The van der Waals surface area contributed by atoms with Gasteiger partial charge in [0.15, 0.2) is 0 Å². The van der Waals surface area contributed by atoms with Crippen molar-refractivity contribution in [3.63, 3.8) is 0 Å². The van der Waals surface area contributed by atoms with E-state index in [-0.39, 0.29) is 18.4 Å². The third-order valence-electron chi connectivity index (χ3n) is 3.32. The number of nitrogens with two attached hydrogens (primary N) is 1. The van der Waals surface area contributed by atoms with Gasteiger partial charge in [0, 0.05) is 12.5 Å². The molecule has 0 aliphatic carbocycles. The van der Waals surface area contributed by atoms with Crippen LogP contribution in [0.1, 0.15) is 11.1 Å². The second-order valence-corrected chi connectivity index (χ2v) is 5.31. The lowest BCUT2D eigenvalue weighted by molar-refractivity contribution is -0.127. The quantitative estimate of drug-likeness (QED) is 0.845. The molecule has 24 heavy (non-hydrogen) atoms. The van der Waals surface area contributed by atoms with Gasteiger partial charge in [0.2, 0.25) is 11.8 Å². The molecule has 4 nitrogen and oxygen atoms in total. The highest BCUT2D eigenvalue weighted by Crippen LogP contribution is 2.10. The Hall–Kier alpha value is -2.83. The van der Waals surface area contributed by atoms with Crippen molar-refractivity contribution >= 4 is 11.8 Å². The number of hydrogen-bond donors (Lipinski definition) is 2. The minimum Gasteiger partial charge on any atom is -0.368 e. The van der Waals surface area contributed by atoms with Crippen LogP contribution in [0.5, 0.6) is 0 Å². The maximum absolute atomic E-state index is 13.1. The van der Waals surface area contributed by atoms with Crippen LogP contribution in [0.25, 0.3) is 0 Å². The maximum atomic E-state index is 13.1. The molecule has 0 unspecified atom stereocenters. The zero-order valence-corrected chi connectivity index (χ0v) is 12.6. The number of halogens is 3. The topological polar surface area (TPSA) is 72.2 Å². The lowest BCUT2D eigenvalue weighted by atomic mass is 10.0. The van der Waals surface area contributed by atoms with E-state index in [2.05, 4.69) is 5.32 Å². The lowest BCUT2D eigenvalue weighted by Gasteiger charge is -2.15. The molecule has 126 valence electrons. The summed E-state index contributed by atoms with van der Waals surface area (Å²) in [6.07, 6.45) is -0.221. The summed E-state index contributed by atoms with van der Waals surface area (Å²) in [6.45, 7) is 0. The normalized spacial score (nSPS) is 11.8. The number of carbonyl (C=O) groups excluding carboxylic acids is 2. The molecular weight excluding hydrogens is 321 g/mol. The standard InChI is InChI=1S/C17H15F3N2O2/c18-12-3-1-10(2-4-12)7-15(17(21)24)22-16(23)8-11-5-13(19)9-14(20)6-11/h1-6,9,15H,7-8H2,(H2,21,24)(H,22,23)/t15-/m0/s1. The summed E-state index contributed by atoms with van der Waals surface area (Å²) in [5, 5.41) is 2.41. The van der Waals surface area contributed by atoms with Gasteiger partial charge >= 0.3 is 0 Å². The summed E-state index contributed by atoms with van der Waals surface area (Å²) in [6, 6.07) is 7.14. The predicted molar refractivity (Wildman–Crippen MR) is 81.3 cm³/mol. The molecule has 2 rings (SSSR count). The molecule has 0 bridgehead atoms. The molecule has 0 heterocycles. The van der Waals surface area contributed by atoms with Crippen LogP contribution in [0, 0.1) is 17.5 Å². The second-order valence-electron chi connectivity index (χ2n) is 5.31. The zero-order chi connectivity index (χ0) is 17.7. The van der Waals surface area contributed by atoms with Gasteiger partial charge in [-0.05, 0) is 35.4 Å². The number of rotatable bonds is 6. The van der Waals surface area contributed by atoms with Crippen molar-refractivity contribution in [2.45, 2.75) is 18.9 Å². The van der Waals surface area contributed by atoms with Gasteiger partial charge in [-0.25, -0.2) is 13.2 Å². The van der Waals surface area contributed by atoms with Crippen LogP contribution >= 0.6 is 0 Å². The van der Waals surface area contributed by atoms with Crippen molar-refractivity contribution < 1.29 is 22.8 Å². The summed E-state index contributed by atoms with van der Waals surface area (Å²) < 4.78 is 39.1. The van der Waals surface area contributed by atoms with Crippen molar-refractivity contribution in [2.24, 2.45) is 5.73 Å². The number of nitrogens with one attached hydrogen (secondary N) is 1. The molecule has 3 N–H and O–H groups in total. The number of primary amides is 1. The zero-order valence-electron chi connectivity index (χ0n) is 12.6. The molecule has 0 aromatic heterocycles. The Morgan fingerprint density at radius 2 is 1.50 bits per heavy atom. The Morgan fingerprint density at radius 3 is 2.04 bits per heavy atom. The molecule has 0 aliphatic heterocycles. The smallest absolute Gasteiger partial charge is 0.240 e. The summed E-state index contributed by atoms with van der Waals surface area (Å²) in [4.78, 5) is 23.5. The maximum Gasteiger partial charge on any atom is 0.240 e. The molecular formula is C17H15F3N2O2. The second kappa shape index (κ2) is 7.63. The number of benzene rings is 2. The molecule has 2 aromatic rings. The number of hydrogen-bond acceptors (Lipinski definition) is 2. The first-order valence-electron chi connectivity index (χ1n) is 7.11. The van der Waals surface area contributed by atoms with Crippen LogP contribution in [0.15, 0.2) is 42.5 Å². The van der Waals surface area contributed by atoms with Gasteiger partial charge in [-0.2, -0.15) is 0 Å². The van der Waals surface area contributed by atoms with Crippen molar-refractivity contribution in [1.29, 1.82) is 0 Å². The molecule has 0 saturated carbocycles. The van der Waals surface area contributed by atoms with Crippen molar-refractivity contribution in [3.8, 4) is 0 Å².